The Morgan fingerprint density at radius 3 is 1.51 bits per heavy atom. The predicted octanol–water partition coefficient (Wildman–Crippen LogP) is 2.21. The van der Waals surface area contributed by atoms with Gasteiger partial charge in [0.1, 0.15) is 43.4 Å². The van der Waals surface area contributed by atoms with E-state index in [4.69, 9.17) is 9.97 Å². The number of pyridine rings is 2. The van der Waals surface area contributed by atoms with Gasteiger partial charge in [-0.3, -0.25) is 9.80 Å². The average molecular weight is 454 g/mol. The maximum atomic E-state index is 4.90. The molecule has 0 saturated heterocycles. The van der Waals surface area contributed by atoms with Crippen LogP contribution in [0.4, 0.5) is 34.4 Å². The van der Waals surface area contributed by atoms with E-state index in [2.05, 4.69) is 118 Å². The molecule has 166 valence electrons. The molecule has 35 heavy (non-hydrogen) atoms. The van der Waals surface area contributed by atoms with Gasteiger partial charge in [-0.1, -0.05) is 36.4 Å². The Hall–Kier alpha value is -4.52. The van der Waals surface area contributed by atoms with Crippen LogP contribution < -0.4 is 35.6 Å². The summed E-state index contributed by atoms with van der Waals surface area (Å²) in [6.45, 7) is -0.0106. The van der Waals surface area contributed by atoms with Crippen molar-refractivity contribution >= 4 is 57.7 Å². The second kappa shape index (κ2) is 7.50. The van der Waals surface area contributed by atoms with Crippen LogP contribution in [-0.4, -0.2) is 16.7 Å². The van der Waals surface area contributed by atoms with E-state index in [0.717, 1.165) is 39.8 Å². The number of benzene rings is 2. The van der Waals surface area contributed by atoms with Crippen molar-refractivity contribution in [1.29, 1.82) is 0 Å². The molecule has 7 heteroatoms. The van der Waals surface area contributed by atoms with Gasteiger partial charge < -0.3 is 0 Å². The van der Waals surface area contributed by atoms with E-state index in [0.29, 0.717) is 0 Å². The molecule has 5 heterocycles. The van der Waals surface area contributed by atoms with E-state index >= 15 is 0 Å². The highest BCUT2D eigenvalue weighted by Gasteiger charge is 2.54. The van der Waals surface area contributed by atoms with Crippen molar-refractivity contribution in [2.75, 3.05) is 9.80 Å². The topological polar surface area (TPSA) is 40.0 Å². The highest BCUT2D eigenvalue weighted by Crippen LogP contribution is 2.40. The molecule has 6 nitrogen and oxygen atoms in total. The Kier molecular flexibility index (Phi) is 4.27. The highest BCUT2D eigenvalue weighted by atomic mass is 15.3. The zero-order chi connectivity index (χ0) is 23.5. The summed E-state index contributed by atoms with van der Waals surface area (Å²) in [4.78, 5) is 14.3. The van der Waals surface area contributed by atoms with Crippen LogP contribution in [0.3, 0.4) is 0 Å². The predicted molar refractivity (Wildman–Crippen MR) is 138 cm³/mol. The highest BCUT2D eigenvalue weighted by molar-refractivity contribution is 6.98. The summed E-state index contributed by atoms with van der Waals surface area (Å²) in [5.41, 5.74) is 7.97. The number of nitrogens with zero attached hydrogens (tertiary/aromatic N) is 6. The SMILES string of the molecule is C[n+]1cccc2c1B1c3c(ncnc3N(c3ccccc3)c3ccc[n+](C)c31)N2c1ccccc1. The summed E-state index contributed by atoms with van der Waals surface area (Å²) in [6.07, 6.45) is 5.95. The van der Waals surface area contributed by atoms with Crippen LogP contribution in [0, 0.1) is 0 Å². The lowest BCUT2D eigenvalue weighted by Gasteiger charge is -2.38. The molecule has 0 amide bonds. The first kappa shape index (κ1) is 19.9. The zero-order valence-electron chi connectivity index (χ0n) is 19.6. The summed E-state index contributed by atoms with van der Waals surface area (Å²) in [5.74, 6) is 1.83. The Morgan fingerprint density at radius 1 is 0.600 bits per heavy atom. The van der Waals surface area contributed by atoms with E-state index in [1.807, 2.05) is 12.1 Å². The molecule has 0 aliphatic carbocycles. The second-order valence-electron chi connectivity index (χ2n) is 8.99. The zero-order valence-corrected chi connectivity index (χ0v) is 19.6. The fourth-order valence-electron chi connectivity index (χ4n) is 5.60. The lowest BCUT2D eigenvalue weighted by Crippen LogP contribution is -2.75. The van der Waals surface area contributed by atoms with Crippen LogP contribution >= 0.6 is 0 Å². The smallest absolute Gasteiger partial charge is 0.290 e. The molecular formula is C28H23BN6+2. The van der Waals surface area contributed by atoms with Gasteiger partial charge in [-0.25, -0.2) is 19.1 Å². The first-order valence-corrected chi connectivity index (χ1v) is 11.8. The van der Waals surface area contributed by atoms with E-state index in [-0.39, 0.29) is 6.71 Å². The minimum Gasteiger partial charge on any atom is -0.290 e. The third-order valence-corrected chi connectivity index (χ3v) is 7.02. The summed E-state index contributed by atoms with van der Waals surface area (Å²) in [7, 11) is 4.26. The van der Waals surface area contributed by atoms with Gasteiger partial charge in [0, 0.05) is 29.0 Å². The first-order valence-electron chi connectivity index (χ1n) is 11.8. The molecule has 0 N–H and O–H groups in total. The van der Waals surface area contributed by atoms with Gasteiger partial charge in [-0.05, 0) is 36.4 Å². The molecule has 0 fully saturated rings. The van der Waals surface area contributed by atoms with Crippen LogP contribution in [0.15, 0.2) is 104 Å². The first-order chi connectivity index (χ1) is 17.2. The summed E-state index contributed by atoms with van der Waals surface area (Å²) in [5, 5.41) is 0. The van der Waals surface area contributed by atoms with Crippen molar-refractivity contribution < 1.29 is 9.13 Å². The van der Waals surface area contributed by atoms with Gasteiger partial charge in [-0.2, -0.15) is 0 Å². The largest absolute Gasteiger partial charge is 0.418 e. The van der Waals surface area contributed by atoms with E-state index in [1.165, 1.54) is 11.2 Å². The summed E-state index contributed by atoms with van der Waals surface area (Å²) >= 11 is 0. The van der Waals surface area contributed by atoms with Crippen molar-refractivity contribution in [3.05, 3.63) is 104 Å². The van der Waals surface area contributed by atoms with Crippen molar-refractivity contribution in [1.82, 2.24) is 9.97 Å². The maximum Gasteiger partial charge on any atom is 0.418 e. The fraction of sp³-hybridized carbons (Fsp3) is 0.0714. The number of aryl methyl sites for hydroxylation is 2. The number of aromatic nitrogens is 4. The third-order valence-electron chi connectivity index (χ3n) is 7.02. The van der Waals surface area contributed by atoms with Crippen LogP contribution in [0.2, 0.25) is 0 Å². The molecule has 0 bridgehead atoms. The van der Waals surface area contributed by atoms with Crippen LogP contribution in [0.1, 0.15) is 0 Å². The van der Waals surface area contributed by atoms with Gasteiger partial charge in [0.25, 0.3) is 0 Å². The van der Waals surface area contributed by atoms with Crippen LogP contribution in [-0.2, 0) is 14.1 Å². The molecule has 0 atom stereocenters. The minimum absolute atomic E-state index is 0.0106. The monoisotopic (exact) mass is 454 g/mol. The van der Waals surface area contributed by atoms with Crippen molar-refractivity contribution in [2.24, 2.45) is 14.1 Å². The molecule has 3 aromatic heterocycles. The summed E-state index contributed by atoms with van der Waals surface area (Å²) in [6, 6.07) is 29.5. The third kappa shape index (κ3) is 2.78. The Bertz CT molecular complexity index is 1470. The van der Waals surface area contributed by atoms with Crippen molar-refractivity contribution in [3.8, 4) is 0 Å². The minimum atomic E-state index is -0.0106. The average Bonchev–Trinajstić information content (AvgIpc) is 2.90. The number of hydrogen-bond acceptors (Lipinski definition) is 4. The van der Waals surface area contributed by atoms with Crippen molar-refractivity contribution in [2.45, 2.75) is 0 Å². The molecule has 5 aromatic rings. The second-order valence-corrected chi connectivity index (χ2v) is 8.99. The molecule has 2 aliphatic heterocycles. The quantitative estimate of drug-likeness (QED) is 0.297. The maximum absolute atomic E-state index is 4.90. The number of hydrogen-bond donors (Lipinski definition) is 0. The van der Waals surface area contributed by atoms with Crippen molar-refractivity contribution in [3.63, 3.8) is 0 Å². The van der Waals surface area contributed by atoms with Crippen LogP contribution in [0.5, 0.6) is 0 Å². The van der Waals surface area contributed by atoms with E-state index in [9.17, 15) is 0 Å². The Balaban J connectivity index is 1.62. The molecule has 2 aliphatic rings. The fourth-order valence-corrected chi connectivity index (χ4v) is 5.60. The number of rotatable bonds is 2. The van der Waals surface area contributed by atoms with Gasteiger partial charge in [-0.15, -0.1) is 0 Å². The molecule has 0 radical (unpaired) electrons. The van der Waals surface area contributed by atoms with Gasteiger partial charge in [0.2, 0.25) is 0 Å². The molecule has 0 saturated carbocycles. The molecule has 0 spiro atoms. The summed E-state index contributed by atoms with van der Waals surface area (Å²) < 4.78 is 4.48. The van der Waals surface area contributed by atoms with Gasteiger partial charge in [0.15, 0.2) is 23.6 Å². The molecule has 0 unspecified atom stereocenters. The normalized spacial score (nSPS) is 13.3. The molecular weight excluding hydrogens is 431 g/mol. The van der Waals surface area contributed by atoms with E-state index in [1.54, 1.807) is 6.33 Å². The lowest BCUT2D eigenvalue weighted by molar-refractivity contribution is -0.658. The number of para-hydroxylation sites is 2. The molecule has 7 rings (SSSR count). The number of fused-ring (bicyclic) bond motifs is 4. The van der Waals surface area contributed by atoms with Crippen LogP contribution in [0.25, 0.3) is 0 Å². The van der Waals surface area contributed by atoms with E-state index < -0.39 is 0 Å². The molecule has 2 aromatic carbocycles. The Labute approximate surface area is 204 Å². The standard InChI is InChI=1S/C28H23BN6/c1-32-17-9-15-22-25(32)29-24-27(34(22)20-11-5-3-6-12-20)30-19-31-28(24)35(21-13-7-4-8-14-21)23-16-10-18-33(2)26(23)29/h3-19H,1-2H3/q+2. The number of anilines is 6. The Morgan fingerprint density at radius 2 is 1.06 bits per heavy atom. The lowest BCUT2D eigenvalue weighted by atomic mass is 9.37. The van der Waals surface area contributed by atoms with Gasteiger partial charge >= 0.3 is 6.71 Å². The van der Waals surface area contributed by atoms with Gasteiger partial charge in [0.05, 0.1) is 0 Å².